The van der Waals surface area contributed by atoms with Crippen LogP contribution in [0.1, 0.15) is 45.2 Å². The molecule has 0 radical (unpaired) electrons. The second kappa shape index (κ2) is 11.3. The molecule has 1 aromatic carbocycles. The zero-order valence-corrected chi connectivity index (χ0v) is 24.2. The number of ether oxygens (including phenoxy) is 1. The molecule has 0 bridgehead atoms. The van der Waals surface area contributed by atoms with Gasteiger partial charge in [0.05, 0.1) is 6.33 Å². The van der Waals surface area contributed by atoms with E-state index < -0.39 is 0 Å². The van der Waals surface area contributed by atoms with E-state index in [0.29, 0.717) is 65.0 Å². The Morgan fingerprint density at radius 2 is 1.79 bits per heavy atom. The molecule has 0 spiro atoms. The van der Waals surface area contributed by atoms with Crippen LogP contribution in [0.4, 0.5) is 23.1 Å². The number of hydrogen-bond acceptors (Lipinski definition) is 10. The van der Waals surface area contributed by atoms with E-state index >= 15 is 0 Å². The number of nitrogens with one attached hydrogen (secondary N) is 2. The van der Waals surface area contributed by atoms with E-state index in [1.807, 2.05) is 11.5 Å². The molecule has 5 aromatic rings. The molecule has 0 saturated carbocycles. The van der Waals surface area contributed by atoms with Crippen LogP contribution in [0.3, 0.4) is 0 Å². The molecule has 1 saturated heterocycles. The van der Waals surface area contributed by atoms with Crippen molar-refractivity contribution < 1.29 is 9.53 Å². The summed E-state index contributed by atoms with van der Waals surface area (Å²) in [7, 11) is 1.73. The fraction of sp³-hybridized carbons (Fsp3) is 0.393. The molecule has 15 nitrogen and oxygen atoms in total. The second-order valence-corrected chi connectivity index (χ2v) is 10.3. The van der Waals surface area contributed by atoms with Crippen LogP contribution in [0.2, 0.25) is 0 Å². The molecule has 5 heterocycles. The van der Waals surface area contributed by atoms with Gasteiger partial charge in [0, 0.05) is 51.0 Å². The number of benzene rings is 1. The van der Waals surface area contributed by atoms with Gasteiger partial charge in [0.25, 0.3) is 5.56 Å². The summed E-state index contributed by atoms with van der Waals surface area (Å²) in [5.41, 5.74) is 8.51. The first-order valence-electron chi connectivity index (χ1n) is 14.3. The summed E-state index contributed by atoms with van der Waals surface area (Å²) in [5.74, 6) is 0.927. The lowest BCUT2D eigenvalue weighted by molar-refractivity contribution is -0.116. The zero-order valence-electron chi connectivity index (χ0n) is 24.2. The summed E-state index contributed by atoms with van der Waals surface area (Å²) in [6.45, 7) is 4.93. The van der Waals surface area contributed by atoms with Crippen LogP contribution in [0.5, 0.6) is 0 Å². The van der Waals surface area contributed by atoms with Gasteiger partial charge in [-0.3, -0.25) is 23.3 Å². The number of hydrogen-bond donors (Lipinski definition) is 3. The molecule has 224 valence electrons. The van der Waals surface area contributed by atoms with Crippen LogP contribution >= 0.6 is 0 Å². The van der Waals surface area contributed by atoms with Crippen LogP contribution in [0.25, 0.3) is 22.3 Å². The Kier molecular flexibility index (Phi) is 7.39. The predicted molar refractivity (Wildman–Crippen MR) is 161 cm³/mol. The Balaban J connectivity index is 1.12. The highest BCUT2D eigenvalue weighted by Gasteiger charge is 2.22. The van der Waals surface area contributed by atoms with E-state index in [4.69, 9.17) is 10.5 Å². The standard InChI is InChI=1S/C28H33N11O4/c1-4-37-25-22(26(41)38(5-2)28(37)42)36(3)18(33-25)12-13-19(40)31-16-8-10-17(11-9-16)32-27-34-23(29)21-24(35-27)39(15-30-21)20-7-6-14-43-20/h8-11,15,20H,4-7,12-14H2,1-3H3,(H,31,40)(H3,29,32,34,35)/t20-/m1/s1. The SMILES string of the molecule is CCn1c(=O)c2c(nc(CCC(=O)Nc3ccc(Nc4nc(N)c5ncn([C@H]6CCCO6)c5n4)cc3)n2C)n(CC)c1=O. The molecule has 0 aliphatic carbocycles. The zero-order chi connectivity index (χ0) is 30.2. The normalized spacial score (nSPS) is 15.0. The van der Waals surface area contributed by atoms with Gasteiger partial charge in [-0.15, -0.1) is 0 Å². The number of carbonyl (C=O) groups excluding carboxylic acids is 1. The lowest BCUT2D eigenvalue weighted by atomic mass is 10.2. The van der Waals surface area contributed by atoms with Crippen LogP contribution < -0.4 is 27.6 Å². The van der Waals surface area contributed by atoms with Crippen LogP contribution in [-0.2, 0) is 36.1 Å². The third-order valence-corrected chi connectivity index (χ3v) is 7.63. The lowest BCUT2D eigenvalue weighted by Gasteiger charge is -2.12. The van der Waals surface area contributed by atoms with Gasteiger partial charge >= 0.3 is 5.69 Å². The smallest absolute Gasteiger partial charge is 0.332 e. The largest absolute Gasteiger partial charge is 0.382 e. The quantitative estimate of drug-likeness (QED) is 0.231. The fourth-order valence-corrected chi connectivity index (χ4v) is 5.39. The minimum absolute atomic E-state index is 0.123. The number of amides is 1. The Morgan fingerprint density at radius 3 is 2.49 bits per heavy atom. The third-order valence-electron chi connectivity index (χ3n) is 7.63. The number of aryl methyl sites for hydroxylation is 3. The summed E-state index contributed by atoms with van der Waals surface area (Å²) in [6, 6.07) is 7.12. The topological polar surface area (TPSA) is 182 Å². The third kappa shape index (κ3) is 5.11. The van der Waals surface area contributed by atoms with E-state index in [9.17, 15) is 14.4 Å². The summed E-state index contributed by atoms with van der Waals surface area (Å²) >= 11 is 0. The van der Waals surface area contributed by atoms with Gasteiger partial charge in [-0.2, -0.15) is 9.97 Å². The fourth-order valence-electron chi connectivity index (χ4n) is 5.39. The maximum Gasteiger partial charge on any atom is 0.332 e. The maximum absolute atomic E-state index is 12.9. The molecule has 1 amide bonds. The number of carbonyl (C=O) groups is 1. The van der Waals surface area contributed by atoms with E-state index in [1.165, 1.54) is 9.13 Å². The molecule has 1 fully saturated rings. The average molecular weight is 588 g/mol. The van der Waals surface area contributed by atoms with Crippen molar-refractivity contribution in [3.05, 3.63) is 57.3 Å². The minimum Gasteiger partial charge on any atom is -0.382 e. The molecule has 43 heavy (non-hydrogen) atoms. The van der Waals surface area contributed by atoms with Crippen molar-refractivity contribution in [2.75, 3.05) is 23.0 Å². The van der Waals surface area contributed by atoms with Crippen molar-refractivity contribution >= 4 is 51.4 Å². The van der Waals surface area contributed by atoms with Crippen molar-refractivity contribution in [3.63, 3.8) is 0 Å². The van der Waals surface area contributed by atoms with Crippen LogP contribution in [0.15, 0.2) is 40.2 Å². The molecule has 1 aliphatic rings. The number of nitrogens with zero attached hydrogens (tertiary/aromatic N) is 8. The highest BCUT2D eigenvalue weighted by atomic mass is 16.5. The van der Waals surface area contributed by atoms with Gasteiger partial charge in [0.15, 0.2) is 22.6 Å². The van der Waals surface area contributed by atoms with Crippen LogP contribution in [-0.4, -0.2) is 50.7 Å². The van der Waals surface area contributed by atoms with Gasteiger partial charge in [-0.05, 0) is 51.0 Å². The number of nitrogens with two attached hydrogens (primary N) is 1. The molecular formula is C28H33N11O4. The lowest BCUT2D eigenvalue weighted by Crippen LogP contribution is -2.39. The Bertz CT molecular complexity index is 1950. The molecular weight excluding hydrogens is 554 g/mol. The molecule has 6 rings (SSSR count). The first kappa shape index (κ1) is 28.1. The maximum atomic E-state index is 12.9. The number of imidazole rings is 2. The Hall–Kier alpha value is -5.05. The van der Waals surface area contributed by atoms with Gasteiger partial charge in [-0.25, -0.2) is 14.8 Å². The molecule has 4 N–H and O–H groups in total. The first-order chi connectivity index (χ1) is 20.8. The number of aromatic nitrogens is 8. The van der Waals surface area contributed by atoms with Gasteiger partial charge < -0.3 is 25.7 Å². The van der Waals surface area contributed by atoms with E-state index in [1.54, 1.807) is 49.1 Å². The summed E-state index contributed by atoms with van der Waals surface area (Å²) in [4.78, 5) is 56.2. The van der Waals surface area contributed by atoms with E-state index in [2.05, 4.69) is 30.6 Å². The van der Waals surface area contributed by atoms with Gasteiger partial charge in [-0.1, -0.05) is 0 Å². The monoisotopic (exact) mass is 587 g/mol. The number of anilines is 4. The highest BCUT2D eigenvalue weighted by Crippen LogP contribution is 2.28. The van der Waals surface area contributed by atoms with Crippen molar-refractivity contribution in [1.82, 2.24) is 38.2 Å². The number of nitrogen functional groups attached to an aromatic ring is 1. The van der Waals surface area contributed by atoms with Crippen LogP contribution in [0, 0.1) is 0 Å². The second-order valence-electron chi connectivity index (χ2n) is 10.3. The van der Waals surface area contributed by atoms with Gasteiger partial charge in [0.1, 0.15) is 17.6 Å². The van der Waals surface area contributed by atoms with Crippen molar-refractivity contribution in [1.29, 1.82) is 0 Å². The van der Waals surface area contributed by atoms with Crippen molar-refractivity contribution in [2.45, 2.75) is 58.8 Å². The molecule has 4 aromatic heterocycles. The van der Waals surface area contributed by atoms with E-state index in [0.717, 1.165) is 12.8 Å². The van der Waals surface area contributed by atoms with Crippen molar-refractivity contribution in [2.24, 2.45) is 7.05 Å². The van der Waals surface area contributed by atoms with E-state index in [-0.39, 0.29) is 42.2 Å². The predicted octanol–water partition coefficient (Wildman–Crippen LogP) is 2.28. The number of fused-ring (bicyclic) bond motifs is 2. The molecule has 1 aliphatic heterocycles. The summed E-state index contributed by atoms with van der Waals surface area (Å²) < 4.78 is 12.0. The molecule has 15 heteroatoms. The average Bonchev–Trinajstić information content (AvgIpc) is 3.73. The summed E-state index contributed by atoms with van der Waals surface area (Å²) in [6.07, 6.45) is 3.84. The Labute approximate surface area is 245 Å². The highest BCUT2D eigenvalue weighted by molar-refractivity contribution is 5.91. The molecule has 0 unspecified atom stereocenters. The van der Waals surface area contributed by atoms with Crippen molar-refractivity contribution in [3.8, 4) is 0 Å². The Morgan fingerprint density at radius 1 is 1.05 bits per heavy atom. The number of rotatable bonds is 9. The summed E-state index contributed by atoms with van der Waals surface area (Å²) in [5, 5.41) is 6.04. The molecule has 1 atom stereocenters. The van der Waals surface area contributed by atoms with Gasteiger partial charge in [0.2, 0.25) is 11.9 Å². The minimum atomic E-state index is -0.385. The first-order valence-corrected chi connectivity index (χ1v) is 14.3.